The van der Waals surface area contributed by atoms with Gasteiger partial charge < -0.3 is 10.5 Å². The molecule has 0 saturated carbocycles. The van der Waals surface area contributed by atoms with E-state index in [2.05, 4.69) is 32.9 Å². The number of hydrogen-bond acceptors (Lipinski definition) is 2. The van der Waals surface area contributed by atoms with Crippen molar-refractivity contribution in [1.29, 1.82) is 0 Å². The van der Waals surface area contributed by atoms with Crippen LogP contribution in [0.1, 0.15) is 38.3 Å². The van der Waals surface area contributed by atoms with Crippen LogP contribution in [0, 0.1) is 0 Å². The monoisotopic (exact) mass is 303 g/mol. The van der Waals surface area contributed by atoms with Gasteiger partial charge in [0.25, 0.3) is 0 Å². The van der Waals surface area contributed by atoms with E-state index in [1.54, 1.807) is 12.1 Å². The van der Waals surface area contributed by atoms with Gasteiger partial charge in [0, 0.05) is 16.3 Å². The lowest BCUT2D eigenvalue weighted by Gasteiger charge is -2.23. The first-order valence-electron chi connectivity index (χ1n) is 7.19. The van der Waals surface area contributed by atoms with Crippen molar-refractivity contribution in [2.45, 2.75) is 39.2 Å². The molecule has 3 heteroatoms. The van der Waals surface area contributed by atoms with Crippen LogP contribution in [-0.2, 0) is 12.0 Å². The number of hydrogen-bond donors (Lipinski definition) is 1. The minimum Gasteiger partial charge on any atom is -0.489 e. The Morgan fingerprint density at radius 3 is 2.38 bits per heavy atom. The van der Waals surface area contributed by atoms with Gasteiger partial charge in [-0.1, -0.05) is 44.5 Å². The van der Waals surface area contributed by atoms with Gasteiger partial charge >= 0.3 is 0 Å². The Morgan fingerprint density at radius 1 is 1.10 bits per heavy atom. The van der Waals surface area contributed by atoms with Crippen LogP contribution in [-0.4, -0.2) is 0 Å². The van der Waals surface area contributed by atoms with Gasteiger partial charge in [0.15, 0.2) is 0 Å². The summed E-state index contributed by atoms with van der Waals surface area (Å²) in [6, 6.07) is 13.7. The van der Waals surface area contributed by atoms with Crippen molar-refractivity contribution in [2.24, 2.45) is 0 Å². The second-order valence-corrected chi connectivity index (χ2v) is 6.31. The maximum atomic E-state index is 6.13. The molecule has 112 valence electrons. The second-order valence-electron chi connectivity index (χ2n) is 5.90. The first-order chi connectivity index (χ1) is 9.92. The third-order valence-corrected chi connectivity index (χ3v) is 4.35. The summed E-state index contributed by atoms with van der Waals surface area (Å²) in [5.41, 5.74) is 8.86. The van der Waals surface area contributed by atoms with Crippen molar-refractivity contribution in [2.75, 3.05) is 5.73 Å². The molecule has 2 N–H and O–H groups in total. The summed E-state index contributed by atoms with van der Waals surface area (Å²) in [6.45, 7) is 7.11. The standard InChI is InChI=1S/C18H22ClNO/c1-4-18(2,3)14-5-8-16(9-6-14)21-12-13-11-15(20)7-10-17(13)19/h5-11H,4,12,20H2,1-3H3. The van der Waals surface area contributed by atoms with Crippen LogP contribution >= 0.6 is 11.6 Å². The van der Waals surface area contributed by atoms with E-state index in [1.165, 1.54) is 5.56 Å². The average Bonchev–Trinajstić information content (AvgIpc) is 2.48. The molecule has 2 aromatic carbocycles. The summed E-state index contributed by atoms with van der Waals surface area (Å²) >= 11 is 6.13. The van der Waals surface area contributed by atoms with Crippen LogP contribution in [0.25, 0.3) is 0 Å². The third kappa shape index (κ3) is 3.92. The largest absolute Gasteiger partial charge is 0.489 e. The molecule has 0 spiro atoms. The first-order valence-corrected chi connectivity index (χ1v) is 7.57. The van der Waals surface area contributed by atoms with Gasteiger partial charge in [0.2, 0.25) is 0 Å². The highest BCUT2D eigenvalue weighted by atomic mass is 35.5. The third-order valence-electron chi connectivity index (χ3n) is 3.98. The van der Waals surface area contributed by atoms with Crippen molar-refractivity contribution in [3.05, 3.63) is 58.6 Å². The molecule has 0 aliphatic rings. The number of rotatable bonds is 5. The van der Waals surface area contributed by atoms with Gasteiger partial charge in [0.05, 0.1) is 0 Å². The lowest BCUT2D eigenvalue weighted by Crippen LogP contribution is -2.15. The Labute approximate surface area is 131 Å². The second kappa shape index (κ2) is 6.40. The fraction of sp³-hybridized carbons (Fsp3) is 0.333. The first kappa shape index (κ1) is 15.7. The van der Waals surface area contributed by atoms with Crippen molar-refractivity contribution < 1.29 is 4.74 Å². The number of nitrogens with two attached hydrogens (primary N) is 1. The smallest absolute Gasteiger partial charge is 0.119 e. The number of nitrogen functional groups attached to an aromatic ring is 1. The van der Waals surface area contributed by atoms with E-state index in [0.29, 0.717) is 17.3 Å². The Kier molecular flexibility index (Phi) is 4.79. The van der Waals surface area contributed by atoms with Crippen molar-refractivity contribution >= 4 is 17.3 Å². The fourth-order valence-corrected chi connectivity index (χ4v) is 2.24. The normalized spacial score (nSPS) is 11.4. The molecular weight excluding hydrogens is 282 g/mol. The number of ether oxygens (including phenoxy) is 1. The Bertz CT molecular complexity index is 605. The van der Waals surface area contributed by atoms with Crippen LogP contribution in [0.3, 0.4) is 0 Å². The zero-order valence-corrected chi connectivity index (χ0v) is 13.6. The molecule has 2 rings (SSSR count). The zero-order chi connectivity index (χ0) is 15.5. The van der Waals surface area contributed by atoms with E-state index in [-0.39, 0.29) is 5.41 Å². The minimum atomic E-state index is 0.190. The van der Waals surface area contributed by atoms with Gasteiger partial charge in [-0.05, 0) is 47.7 Å². The molecule has 0 saturated heterocycles. The number of anilines is 1. The summed E-state index contributed by atoms with van der Waals surface area (Å²) in [5.74, 6) is 0.837. The number of benzene rings is 2. The highest BCUT2D eigenvalue weighted by Gasteiger charge is 2.17. The fourth-order valence-electron chi connectivity index (χ4n) is 2.07. The molecule has 2 aromatic rings. The van der Waals surface area contributed by atoms with Gasteiger partial charge in [-0.15, -0.1) is 0 Å². The van der Waals surface area contributed by atoms with Gasteiger partial charge in [-0.25, -0.2) is 0 Å². The van der Waals surface area contributed by atoms with Crippen LogP contribution in [0.15, 0.2) is 42.5 Å². The van der Waals surface area contributed by atoms with E-state index >= 15 is 0 Å². The summed E-state index contributed by atoms with van der Waals surface area (Å²) < 4.78 is 5.79. The van der Waals surface area contributed by atoms with Crippen LogP contribution < -0.4 is 10.5 Å². The molecule has 0 heterocycles. The van der Waals surface area contributed by atoms with E-state index in [0.717, 1.165) is 17.7 Å². The predicted octanol–water partition coefficient (Wildman–Crippen LogP) is 5.19. The zero-order valence-electron chi connectivity index (χ0n) is 12.8. The minimum absolute atomic E-state index is 0.190. The molecule has 0 bridgehead atoms. The summed E-state index contributed by atoms with van der Waals surface area (Å²) in [5, 5.41) is 0.674. The lowest BCUT2D eigenvalue weighted by atomic mass is 9.82. The topological polar surface area (TPSA) is 35.2 Å². The highest BCUT2D eigenvalue weighted by molar-refractivity contribution is 6.31. The molecule has 0 unspecified atom stereocenters. The highest BCUT2D eigenvalue weighted by Crippen LogP contribution is 2.28. The molecule has 2 nitrogen and oxygen atoms in total. The Hall–Kier alpha value is -1.67. The quantitative estimate of drug-likeness (QED) is 0.772. The molecule has 0 aliphatic carbocycles. The summed E-state index contributed by atoms with van der Waals surface area (Å²) in [4.78, 5) is 0. The molecule has 21 heavy (non-hydrogen) atoms. The lowest BCUT2D eigenvalue weighted by molar-refractivity contribution is 0.306. The van der Waals surface area contributed by atoms with Crippen molar-refractivity contribution in [3.63, 3.8) is 0 Å². The van der Waals surface area contributed by atoms with Crippen molar-refractivity contribution in [3.8, 4) is 5.75 Å². The number of halogens is 1. The molecule has 0 aromatic heterocycles. The summed E-state index contributed by atoms with van der Waals surface area (Å²) in [7, 11) is 0. The SMILES string of the molecule is CCC(C)(C)c1ccc(OCc2cc(N)ccc2Cl)cc1. The van der Waals surface area contributed by atoms with E-state index in [1.807, 2.05) is 18.2 Å². The molecule has 0 radical (unpaired) electrons. The van der Waals surface area contributed by atoms with E-state index in [4.69, 9.17) is 22.1 Å². The predicted molar refractivity (Wildman–Crippen MR) is 90.0 cm³/mol. The van der Waals surface area contributed by atoms with Gasteiger partial charge in [-0.3, -0.25) is 0 Å². The van der Waals surface area contributed by atoms with Crippen LogP contribution in [0.5, 0.6) is 5.75 Å². The van der Waals surface area contributed by atoms with Crippen LogP contribution in [0.4, 0.5) is 5.69 Å². The Balaban J connectivity index is 2.06. The van der Waals surface area contributed by atoms with Crippen LogP contribution in [0.2, 0.25) is 5.02 Å². The average molecular weight is 304 g/mol. The summed E-state index contributed by atoms with van der Waals surface area (Å²) in [6.07, 6.45) is 1.10. The van der Waals surface area contributed by atoms with Gasteiger partial charge in [0.1, 0.15) is 12.4 Å². The Morgan fingerprint density at radius 2 is 1.76 bits per heavy atom. The maximum Gasteiger partial charge on any atom is 0.119 e. The maximum absolute atomic E-state index is 6.13. The molecule has 0 atom stereocenters. The van der Waals surface area contributed by atoms with E-state index in [9.17, 15) is 0 Å². The molecule has 0 fully saturated rings. The molecular formula is C18H22ClNO. The van der Waals surface area contributed by atoms with Gasteiger partial charge in [-0.2, -0.15) is 0 Å². The molecule has 0 amide bonds. The molecule has 0 aliphatic heterocycles. The van der Waals surface area contributed by atoms with Crippen molar-refractivity contribution in [1.82, 2.24) is 0 Å². The van der Waals surface area contributed by atoms with E-state index < -0.39 is 0 Å².